The summed E-state index contributed by atoms with van der Waals surface area (Å²) in [5, 5.41) is 8.96. The molecule has 2 rings (SSSR count). The standard InChI is InChI=1S/C13H16BrNO3/c1-9-6-11(2-3-12(9)14)15-7-10(4-5-16)8-18-13(15)17/h2-3,6,10,16H,4-5,7-8H2,1H3. The first-order valence-corrected chi connectivity index (χ1v) is 6.72. The van der Waals surface area contributed by atoms with Gasteiger partial charge in [-0.1, -0.05) is 15.9 Å². The molecule has 0 saturated carbocycles. The number of aliphatic hydroxyl groups is 1. The molecule has 5 heteroatoms. The third-order valence-corrected chi connectivity index (χ3v) is 3.98. The monoisotopic (exact) mass is 313 g/mol. The Kier molecular flexibility index (Phi) is 4.24. The summed E-state index contributed by atoms with van der Waals surface area (Å²) in [5.41, 5.74) is 1.91. The lowest BCUT2D eigenvalue weighted by Gasteiger charge is -2.32. The van der Waals surface area contributed by atoms with E-state index >= 15 is 0 Å². The number of carbonyl (C=O) groups excluding carboxylic acids is 1. The van der Waals surface area contributed by atoms with Gasteiger partial charge in [0.15, 0.2) is 0 Å². The van der Waals surface area contributed by atoms with Gasteiger partial charge in [-0.05, 0) is 37.1 Å². The summed E-state index contributed by atoms with van der Waals surface area (Å²) in [6, 6.07) is 5.76. The summed E-state index contributed by atoms with van der Waals surface area (Å²) in [6.45, 7) is 3.09. The first-order chi connectivity index (χ1) is 8.61. The fourth-order valence-electron chi connectivity index (χ4n) is 2.02. The van der Waals surface area contributed by atoms with Crippen molar-refractivity contribution < 1.29 is 14.6 Å². The predicted octanol–water partition coefficient (Wildman–Crippen LogP) is 2.71. The zero-order chi connectivity index (χ0) is 13.1. The molecule has 0 aromatic heterocycles. The second-order valence-corrected chi connectivity index (χ2v) is 5.35. The molecule has 1 aliphatic heterocycles. The van der Waals surface area contributed by atoms with Crippen LogP contribution in [0.3, 0.4) is 0 Å². The van der Waals surface area contributed by atoms with Crippen LogP contribution in [0.5, 0.6) is 0 Å². The normalized spacial score (nSPS) is 19.8. The van der Waals surface area contributed by atoms with Gasteiger partial charge in [0.1, 0.15) is 0 Å². The number of aryl methyl sites for hydroxylation is 1. The lowest BCUT2D eigenvalue weighted by Crippen LogP contribution is -2.43. The Labute approximate surface area is 115 Å². The molecule has 0 bridgehead atoms. The number of amides is 1. The first-order valence-electron chi connectivity index (χ1n) is 5.93. The molecule has 98 valence electrons. The largest absolute Gasteiger partial charge is 0.449 e. The summed E-state index contributed by atoms with van der Waals surface area (Å²) in [4.78, 5) is 13.4. The molecule has 18 heavy (non-hydrogen) atoms. The molecular formula is C13H16BrNO3. The van der Waals surface area contributed by atoms with Crippen LogP contribution in [0, 0.1) is 12.8 Å². The number of halogens is 1. The topological polar surface area (TPSA) is 49.8 Å². The van der Waals surface area contributed by atoms with Gasteiger partial charge in [-0.25, -0.2) is 4.79 Å². The van der Waals surface area contributed by atoms with Gasteiger partial charge in [0.25, 0.3) is 0 Å². The molecule has 1 fully saturated rings. The van der Waals surface area contributed by atoms with Crippen molar-refractivity contribution in [2.75, 3.05) is 24.7 Å². The maximum atomic E-state index is 11.8. The van der Waals surface area contributed by atoms with Crippen LogP contribution in [0.25, 0.3) is 0 Å². The number of hydrogen-bond acceptors (Lipinski definition) is 3. The highest BCUT2D eigenvalue weighted by Gasteiger charge is 2.28. The van der Waals surface area contributed by atoms with E-state index in [0.717, 1.165) is 15.7 Å². The summed E-state index contributed by atoms with van der Waals surface area (Å²) < 4.78 is 6.16. The minimum Gasteiger partial charge on any atom is -0.449 e. The van der Waals surface area contributed by atoms with E-state index in [1.807, 2.05) is 25.1 Å². The van der Waals surface area contributed by atoms with Crippen molar-refractivity contribution in [3.8, 4) is 0 Å². The minimum absolute atomic E-state index is 0.120. The van der Waals surface area contributed by atoms with E-state index in [4.69, 9.17) is 9.84 Å². The molecule has 4 nitrogen and oxygen atoms in total. The van der Waals surface area contributed by atoms with Gasteiger partial charge < -0.3 is 9.84 Å². The molecule has 0 radical (unpaired) electrons. The zero-order valence-corrected chi connectivity index (χ0v) is 11.8. The Hall–Kier alpha value is -1.07. The Morgan fingerprint density at radius 2 is 2.33 bits per heavy atom. The average Bonchev–Trinajstić information content (AvgIpc) is 2.35. The molecule has 1 aliphatic rings. The third kappa shape index (κ3) is 2.84. The van der Waals surface area contributed by atoms with E-state index in [0.29, 0.717) is 19.6 Å². The van der Waals surface area contributed by atoms with Crippen molar-refractivity contribution in [1.82, 2.24) is 0 Å². The second-order valence-electron chi connectivity index (χ2n) is 4.50. The van der Waals surface area contributed by atoms with Crippen LogP contribution in [0.1, 0.15) is 12.0 Å². The average molecular weight is 314 g/mol. The van der Waals surface area contributed by atoms with Crippen molar-refractivity contribution in [2.45, 2.75) is 13.3 Å². The van der Waals surface area contributed by atoms with Crippen LogP contribution in [0.4, 0.5) is 10.5 Å². The van der Waals surface area contributed by atoms with E-state index in [-0.39, 0.29) is 18.6 Å². The lowest BCUT2D eigenvalue weighted by atomic mass is 10.0. The van der Waals surface area contributed by atoms with Crippen molar-refractivity contribution in [1.29, 1.82) is 0 Å². The summed E-state index contributed by atoms with van der Waals surface area (Å²) in [6.07, 6.45) is 0.338. The smallest absolute Gasteiger partial charge is 0.414 e. The number of hydrogen-bond donors (Lipinski definition) is 1. The molecule has 1 aromatic carbocycles. The molecule has 1 amide bonds. The van der Waals surface area contributed by atoms with Crippen LogP contribution < -0.4 is 4.90 Å². The van der Waals surface area contributed by atoms with Gasteiger partial charge in [0.2, 0.25) is 0 Å². The Morgan fingerprint density at radius 3 is 3.00 bits per heavy atom. The van der Waals surface area contributed by atoms with Gasteiger partial charge >= 0.3 is 6.09 Å². The SMILES string of the molecule is Cc1cc(N2CC(CCO)COC2=O)ccc1Br. The Bertz CT molecular complexity index is 450. The summed E-state index contributed by atoms with van der Waals surface area (Å²) in [5.74, 6) is 0.191. The fraction of sp³-hybridized carbons (Fsp3) is 0.462. The third-order valence-electron chi connectivity index (χ3n) is 3.09. The van der Waals surface area contributed by atoms with Crippen molar-refractivity contribution >= 4 is 27.7 Å². The van der Waals surface area contributed by atoms with Crippen LogP contribution >= 0.6 is 15.9 Å². The Morgan fingerprint density at radius 1 is 1.56 bits per heavy atom. The number of cyclic esters (lactones) is 1. The summed E-state index contributed by atoms with van der Waals surface area (Å²) >= 11 is 3.44. The zero-order valence-electron chi connectivity index (χ0n) is 10.2. The molecule has 0 aliphatic carbocycles. The molecule has 1 N–H and O–H groups in total. The van der Waals surface area contributed by atoms with E-state index in [1.165, 1.54) is 0 Å². The number of carbonyl (C=O) groups is 1. The number of ether oxygens (including phenoxy) is 1. The van der Waals surface area contributed by atoms with E-state index in [2.05, 4.69) is 15.9 Å². The second kappa shape index (κ2) is 5.71. The molecule has 1 atom stereocenters. The molecule has 1 unspecified atom stereocenters. The van der Waals surface area contributed by atoms with Crippen molar-refractivity contribution in [3.63, 3.8) is 0 Å². The van der Waals surface area contributed by atoms with E-state index in [1.54, 1.807) is 4.90 Å². The maximum Gasteiger partial charge on any atom is 0.414 e. The van der Waals surface area contributed by atoms with Crippen LogP contribution in [-0.4, -0.2) is 31.0 Å². The van der Waals surface area contributed by atoms with E-state index in [9.17, 15) is 4.79 Å². The van der Waals surface area contributed by atoms with Crippen LogP contribution in [-0.2, 0) is 4.74 Å². The molecule has 0 spiro atoms. The van der Waals surface area contributed by atoms with Gasteiger partial charge in [-0.3, -0.25) is 4.90 Å². The van der Waals surface area contributed by atoms with Crippen LogP contribution in [0.15, 0.2) is 22.7 Å². The highest BCUT2D eigenvalue weighted by molar-refractivity contribution is 9.10. The number of anilines is 1. The molecule has 1 aromatic rings. The number of benzene rings is 1. The van der Waals surface area contributed by atoms with Crippen molar-refractivity contribution in [2.24, 2.45) is 5.92 Å². The summed E-state index contributed by atoms with van der Waals surface area (Å²) in [7, 11) is 0. The lowest BCUT2D eigenvalue weighted by molar-refractivity contribution is 0.104. The number of rotatable bonds is 3. The molecule has 1 saturated heterocycles. The fourth-order valence-corrected chi connectivity index (χ4v) is 2.26. The predicted molar refractivity (Wildman–Crippen MR) is 72.8 cm³/mol. The molecular weight excluding hydrogens is 298 g/mol. The van der Waals surface area contributed by atoms with Crippen LogP contribution in [0.2, 0.25) is 0 Å². The Balaban J connectivity index is 2.18. The van der Waals surface area contributed by atoms with Gasteiger partial charge in [-0.15, -0.1) is 0 Å². The quantitative estimate of drug-likeness (QED) is 0.933. The van der Waals surface area contributed by atoms with Crippen molar-refractivity contribution in [3.05, 3.63) is 28.2 Å². The van der Waals surface area contributed by atoms with E-state index < -0.39 is 0 Å². The highest BCUT2D eigenvalue weighted by atomic mass is 79.9. The highest BCUT2D eigenvalue weighted by Crippen LogP contribution is 2.26. The molecule has 1 heterocycles. The van der Waals surface area contributed by atoms with Gasteiger partial charge in [0.05, 0.1) is 6.61 Å². The minimum atomic E-state index is -0.314. The number of nitrogens with zero attached hydrogens (tertiary/aromatic N) is 1. The maximum absolute atomic E-state index is 11.8. The number of aliphatic hydroxyl groups excluding tert-OH is 1. The first kappa shape index (κ1) is 13.4. The van der Waals surface area contributed by atoms with Gasteiger partial charge in [0, 0.05) is 29.2 Å². The van der Waals surface area contributed by atoms with Gasteiger partial charge in [-0.2, -0.15) is 0 Å².